The van der Waals surface area contributed by atoms with Crippen LogP contribution in [0.3, 0.4) is 0 Å². The second-order valence-corrected chi connectivity index (χ2v) is 10.6. The number of fused-ring (bicyclic) bond motifs is 1. The number of hydrogen-bond acceptors (Lipinski definition) is 12. The Balaban J connectivity index is 1.30. The second kappa shape index (κ2) is 11.2. The number of methoxy groups -OCH3 is 1. The van der Waals surface area contributed by atoms with E-state index in [-0.39, 0.29) is 29.8 Å². The van der Waals surface area contributed by atoms with Gasteiger partial charge in [-0.05, 0) is 31.4 Å². The van der Waals surface area contributed by atoms with Crippen molar-refractivity contribution in [1.82, 2.24) is 30.2 Å². The Labute approximate surface area is 240 Å². The summed E-state index contributed by atoms with van der Waals surface area (Å²) in [4.78, 5) is 23.0. The number of anilines is 4. The normalized spacial score (nSPS) is 20.5. The molecule has 2 unspecified atom stereocenters. The van der Waals surface area contributed by atoms with E-state index in [4.69, 9.17) is 21.1 Å². The Morgan fingerprint density at radius 1 is 1.17 bits per heavy atom. The topological polar surface area (TPSA) is 178 Å². The van der Waals surface area contributed by atoms with Gasteiger partial charge in [0.1, 0.15) is 6.07 Å². The Hall–Kier alpha value is -4.37. The summed E-state index contributed by atoms with van der Waals surface area (Å²) < 4.78 is 11.6. The van der Waals surface area contributed by atoms with Crippen LogP contribution in [0.25, 0.3) is 5.65 Å². The van der Waals surface area contributed by atoms with Crippen LogP contribution in [0.2, 0.25) is 5.02 Å². The van der Waals surface area contributed by atoms with Crippen LogP contribution >= 0.6 is 11.6 Å². The predicted molar refractivity (Wildman–Crippen MR) is 149 cm³/mol. The lowest BCUT2D eigenvalue weighted by atomic mass is 9.97. The third-order valence-electron chi connectivity index (χ3n) is 7.35. The highest BCUT2D eigenvalue weighted by molar-refractivity contribution is 6.36. The number of aromatic nitrogens is 4. The summed E-state index contributed by atoms with van der Waals surface area (Å²) in [6.07, 6.45) is 3.65. The molecule has 4 heterocycles. The van der Waals surface area contributed by atoms with Gasteiger partial charge >= 0.3 is 6.09 Å². The maximum absolute atomic E-state index is 12.0. The molecule has 14 nitrogen and oxygen atoms in total. The zero-order chi connectivity index (χ0) is 28.5. The molecule has 0 radical (unpaired) electrons. The monoisotopic (exact) mass is 577 g/mol. The van der Waals surface area contributed by atoms with Gasteiger partial charge in [0.05, 0.1) is 66.6 Å². The van der Waals surface area contributed by atoms with Crippen molar-refractivity contribution < 1.29 is 14.3 Å². The second-order valence-electron chi connectivity index (χ2n) is 10.3. The van der Waals surface area contributed by atoms with E-state index in [1.165, 1.54) is 17.8 Å². The number of hydrogen-bond donors (Lipinski definition) is 4. The molecule has 2 aromatic heterocycles. The highest BCUT2D eigenvalue weighted by Gasteiger charge is 2.35. The van der Waals surface area contributed by atoms with Gasteiger partial charge in [-0.15, -0.1) is 5.10 Å². The molecule has 15 heteroatoms. The lowest BCUT2D eigenvalue weighted by molar-refractivity contribution is -0.0123. The van der Waals surface area contributed by atoms with E-state index in [2.05, 4.69) is 53.4 Å². The van der Waals surface area contributed by atoms with Gasteiger partial charge in [0.25, 0.3) is 0 Å². The minimum absolute atomic E-state index is 0.109. The smallest absolute Gasteiger partial charge is 0.407 e. The van der Waals surface area contributed by atoms with Gasteiger partial charge in [0, 0.05) is 25.2 Å². The largest absolute Gasteiger partial charge is 0.453 e. The van der Waals surface area contributed by atoms with E-state index in [9.17, 15) is 15.3 Å². The molecule has 4 N–H and O–H groups in total. The summed E-state index contributed by atoms with van der Waals surface area (Å²) in [5.74, 6) is 0.706. The highest BCUT2D eigenvalue weighted by atomic mass is 35.5. The van der Waals surface area contributed by atoms with Gasteiger partial charge < -0.3 is 35.6 Å². The highest BCUT2D eigenvalue weighted by Crippen LogP contribution is 2.37. The first-order valence-electron chi connectivity index (χ1n) is 13.3. The Morgan fingerprint density at radius 2 is 2.00 bits per heavy atom. The van der Waals surface area contributed by atoms with E-state index >= 15 is 0 Å². The maximum atomic E-state index is 12.0. The molecule has 1 aliphatic carbocycles. The molecule has 212 valence electrons. The lowest BCUT2D eigenvalue weighted by Gasteiger charge is -2.43. The summed E-state index contributed by atoms with van der Waals surface area (Å²) in [5, 5.41) is 37.2. The average Bonchev–Trinajstić information content (AvgIpc) is 3.68. The van der Waals surface area contributed by atoms with E-state index < -0.39 is 6.09 Å². The molecule has 1 saturated carbocycles. The molecule has 3 fully saturated rings. The van der Waals surface area contributed by atoms with Crippen molar-refractivity contribution in [3.63, 3.8) is 0 Å². The van der Waals surface area contributed by atoms with Crippen molar-refractivity contribution in [3.8, 4) is 12.1 Å². The molecular formula is C26H28ClN11O3. The lowest BCUT2D eigenvalue weighted by Crippen LogP contribution is -2.64. The fraction of sp³-hybridized carbons (Fsp3) is 0.462. The molecular weight excluding hydrogens is 550 g/mol. The molecule has 3 aromatic rings. The molecule has 2 aliphatic heterocycles. The molecule has 6 rings (SSSR count). The SMILES string of the molecule is COC(=O)NC1CCN(c2cc(C#N)cc(Nc3nc(NC4CC4)c4ncc(C#N)n4n3)c2Cl)CC1NC1COC1. The van der Waals surface area contributed by atoms with Crippen molar-refractivity contribution >= 4 is 46.5 Å². The number of carbonyl (C=O) groups is 1. The number of ether oxygens (including phenoxy) is 2. The quantitative estimate of drug-likeness (QED) is 0.307. The first-order valence-corrected chi connectivity index (χ1v) is 13.7. The van der Waals surface area contributed by atoms with Crippen molar-refractivity contribution in [2.75, 3.05) is 48.9 Å². The first kappa shape index (κ1) is 26.8. The fourth-order valence-electron chi connectivity index (χ4n) is 5.00. The number of imidazole rings is 1. The Morgan fingerprint density at radius 3 is 2.68 bits per heavy atom. The summed E-state index contributed by atoms with van der Waals surface area (Å²) in [7, 11) is 1.34. The van der Waals surface area contributed by atoms with Crippen LogP contribution in [-0.2, 0) is 9.47 Å². The fourth-order valence-corrected chi connectivity index (χ4v) is 5.28. The number of halogens is 1. The van der Waals surface area contributed by atoms with Gasteiger partial charge in [-0.1, -0.05) is 11.6 Å². The van der Waals surface area contributed by atoms with E-state index in [0.717, 1.165) is 12.8 Å². The van der Waals surface area contributed by atoms with Crippen LogP contribution in [0, 0.1) is 22.7 Å². The number of benzene rings is 1. The van der Waals surface area contributed by atoms with Crippen molar-refractivity contribution in [1.29, 1.82) is 10.5 Å². The number of piperidine rings is 1. The molecule has 41 heavy (non-hydrogen) atoms. The first-order chi connectivity index (χ1) is 19.9. The van der Waals surface area contributed by atoms with Crippen LogP contribution < -0.4 is 26.2 Å². The molecule has 1 aromatic carbocycles. The zero-order valence-corrected chi connectivity index (χ0v) is 23.0. The number of amides is 1. The van der Waals surface area contributed by atoms with Gasteiger partial charge in [0.15, 0.2) is 17.2 Å². The van der Waals surface area contributed by atoms with Crippen LogP contribution in [0.4, 0.5) is 27.9 Å². The third kappa shape index (κ3) is 5.63. The summed E-state index contributed by atoms with van der Waals surface area (Å²) in [5.41, 5.74) is 2.23. The Bertz CT molecular complexity index is 1560. The minimum Gasteiger partial charge on any atom is -0.453 e. The number of nitrogens with zero attached hydrogens (tertiary/aromatic N) is 7. The average molecular weight is 578 g/mol. The van der Waals surface area contributed by atoms with E-state index in [1.54, 1.807) is 12.1 Å². The van der Waals surface area contributed by atoms with E-state index in [0.29, 0.717) is 72.2 Å². The number of carbonyl (C=O) groups excluding carboxylic acids is 1. The summed E-state index contributed by atoms with van der Waals surface area (Å²) in [6.45, 7) is 2.32. The molecule has 0 bridgehead atoms. The zero-order valence-electron chi connectivity index (χ0n) is 22.2. The predicted octanol–water partition coefficient (Wildman–Crippen LogP) is 2.13. The van der Waals surface area contributed by atoms with Gasteiger partial charge in [0.2, 0.25) is 5.95 Å². The number of alkyl carbamates (subject to hydrolysis) is 1. The van der Waals surface area contributed by atoms with Gasteiger partial charge in [-0.25, -0.2) is 9.78 Å². The number of nitriles is 2. The van der Waals surface area contributed by atoms with Gasteiger partial charge in [-0.3, -0.25) is 0 Å². The van der Waals surface area contributed by atoms with Crippen LogP contribution in [0.15, 0.2) is 18.3 Å². The molecule has 0 spiro atoms. The van der Waals surface area contributed by atoms with Gasteiger partial charge in [-0.2, -0.15) is 20.0 Å². The Kier molecular flexibility index (Phi) is 7.36. The molecule has 2 atom stereocenters. The van der Waals surface area contributed by atoms with Crippen molar-refractivity contribution in [2.24, 2.45) is 0 Å². The third-order valence-corrected chi connectivity index (χ3v) is 7.75. The van der Waals surface area contributed by atoms with E-state index in [1.807, 2.05) is 0 Å². The van der Waals surface area contributed by atoms with Crippen LogP contribution in [0.1, 0.15) is 30.5 Å². The molecule has 2 saturated heterocycles. The molecule has 3 aliphatic rings. The summed E-state index contributed by atoms with van der Waals surface area (Å²) in [6, 6.07) is 7.91. The van der Waals surface area contributed by atoms with Crippen molar-refractivity contribution in [3.05, 3.63) is 34.6 Å². The number of rotatable bonds is 8. The van der Waals surface area contributed by atoms with Crippen LogP contribution in [0.5, 0.6) is 0 Å². The van der Waals surface area contributed by atoms with Crippen LogP contribution in [-0.4, -0.2) is 83.3 Å². The molecule has 1 amide bonds. The standard InChI is InChI=1S/C26H28ClN11O3/c1-40-26(39)34-18-4-5-37(11-20(18)31-16-12-41-13-16)21-7-14(8-28)6-19(22(21)27)33-25-35-23(32-15-2-3-15)24-30-10-17(9-29)38(24)36-25/h6-7,10,15-16,18,20,31H,2-5,11-13H2,1H3,(H,34,39)(H2,32,33,35,36). The summed E-state index contributed by atoms with van der Waals surface area (Å²) >= 11 is 6.96. The maximum Gasteiger partial charge on any atom is 0.407 e. The van der Waals surface area contributed by atoms with Crippen molar-refractivity contribution in [2.45, 2.75) is 43.4 Å². The minimum atomic E-state index is -0.485. The number of nitrogens with one attached hydrogen (secondary N) is 4.